The van der Waals surface area contributed by atoms with Gasteiger partial charge in [0.15, 0.2) is 5.78 Å². The smallest absolute Gasteiger partial charge is 0.204 e. The molecule has 0 aliphatic carbocycles. The third kappa shape index (κ3) is 2.40. The summed E-state index contributed by atoms with van der Waals surface area (Å²) in [7, 11) is 0.624. The van der Waals surface area contributed by atoms with Crippen molar-refractivity contribution in [3.63, 3.8) is 0 Å². The van der Waals surface area contributed by atoms with E-state index in [-0.39, 0.29) is 5.78 Å². The minimum atomic E-state index is -0.454. The third-order valence-electron chi connectivity index (χ3n) is 1.77. The summed E-state index contributed by atoms with van der Waals surface area (Å²) in [6.07, 6.45) is 0. The second-order valence-corrected chi connectivity index (χ2v) is 3.29. The maximum absolute atomic E-state index is 11.4. The van der Waals surface area contributed by atoms with Gasteiger partial charge in [-0.1, -0.05) is 12.1 Å². The van der Waals surface area contributed by atoms with Gasteiger partial charge in [-0.2, -0.15) is 0 Å². The first-order valence-electron chi connectivity index (χ1n) is 4.09. The van der Waals surface area contributed by atoms with Crippen LogP contribution in [0.15, 0.2) is 24.3 Å². The monoisotopic (exact) mass is 195 g/mol. The summed E-state index contributed by atoms with van der Waals surface area (Å²) in [5.74, 6) is 0.679. The van der Waals surface area contributed by atoms with E-state index in [0.29, 0.717) is 16.0 Å². The van der Waals surface area contributed by atoms with E-state index in [1.807, 2.05) is 6.07 Å². The molecule has 0 saturated carbocycles. The Morgan fingerprint density at radius 3 is 2.85 bits per heavy atom. The van der Waals surface area contributed by atoms with Crippen molar-refractivity contribution < 1.29 is 9.22 Å². The lowest BCUT2D eigenvalue weighted by Crippen LogP contribution is -2.26. The second-order valence-electron chi connectivity index (χ2n) is 2.88. The number of hydrogen-bond acceptors (Lipinski definition) is 3. The molecule has 0 aliphatic heterocycles. The largest absolute Gasteiger partial charge is 0.553 e. The molecule has 3 nitrogen and oxygen atoms in total. The van der Waals surface area contributed by atoms with Gasteiger partial charge in [-0.25, -0.2) is 0 Å². The minimum absolute atomic E-state index is 0.0550. The van der Waals surface area contributed by atoms with Gasteiger partial charge in [0, 0.05) is 5.56 Å². The summed E-state index contributed by atoms with van der Waals surface area (Å²) in [4.78, 5) is 11.4. The van der Waals surface area contributed by atoms with Crippen molar-refractivity contribution in [3.05, 3.63) is 29.8 Å². The summed E-state index contributed by atoms with van der Waals surface area (Å²) in [5.41, 5.74) is 6.09. The Kier molecular flexibility index (Phi) is 3.22. The van der Waals surface area contributed by atoms with Gasteiger partial charge in [-0.3, -0.25) is 4.79 Å². The molecule has 0 bridgehead atoms. The van der Waals surface area contributed by atoms with Gasteiger partial charge in [0.25, 0.3) is 0 Å². The molecule has 70 valence electrons. The number of hydrogen-bond donors (Lipinski definition) is 1. The number of Topliss-reactive ketones (excluding diaryl/α,β-unsaturated/α-hetero) is 1. The Morgan fingerprint density at radius 2 is 2.31 bits per heavy atom. The molecule has 1 rings (SSSR count). The fourth-order valence-corrected chi connectivity index (χ4v) is 1.29. The quantitative estimate of drug-likeness (QED) is 0.540. The van der Waals surface area contributed by atoms with Crippen LogP contribution in [0.25, 0.3) is 0 Å². The predicted octanol–water partition coefficient (Wildman–Crippen LogP) is -0.124. The van der Waals surface area contributed by atoms with Crippen molar-refractivity contribution in [3.8, 4) is 5.75 Å². The third-order valence-corrected chi connectivity index (χ3v) is 2.24. The first-order valence-corrected chi connectivity index (χ1v) is 4.90. The number of nitrogens with two attached hydrogens (primary N) is 1. The fourth-order valence-electron chi connectivity index (χ4n) is 1.04. The van der Waals surface area contributed by atoms with E-state index in [2.05, 4.69) is 0 Å². The number of benzene rings is 1. The van der Waals surface area contributed by atoms with Crippen LogP contribution in [-0.2, 0) is 0 Å². The molecular formula is C9H13NO2Si. The topological polar surface area (TPSA) is 52.3 Å². The SMILES string of the molecule is CC(N)C(=O)c1cccc(O[SiH3])c1. The summed E-state index contributed by atoms with van der Waals surface area (Å²) >= 11 is 0. The highest BCUT2D eigenvalue weighted by atomic mass is 28.2. The van der Waals surface area contributed by atoms with Crippen molar-refractivity contribution in [2.24, 2.45) is 5.73 Å². The molecule has 0 aromatic heterocycles. The van der Waals surface area contributed by atoms with Gasteiger partial charge in [-0.15, -0.1) is 0 Å². The van der Waals surface area contributed by atoms with Gasteiger partial charge in [0.2, 0.25) is 10.5 Å². The molecule has 0 aliphatic rings. The zero-order valence-corrected chi connectivity index (χ0v) is 9.78. The van der Waals surface area contributed by atoms with Crippen LogP contribution in [0.2, 0.25) is 0 Å². The second kappa shape index (κ2) is 4.20. The maximum Gasteiger partial charge on any atom is 0.204 e. The lowest BCUT2D eigenvalue weighted by atomic mass is 10.1. The maximum atomic E-state index is 11.4. The van der Waals surface area contributed by atoms with Crippen molar-refractivity contribution in [1.82, 2.24) is 0 Å². The molecule has 0 amide bonds. The molecule has 0 radical (unpaired) electrons. The summed E-state index contributed by atoms with van der Waals surface area (Å²) in [6, 6.07) is 6.63. The molecule has 4 heteroatoms. The van der Waals surface area contributed by atoms with E-state index in [0.717, 1.165) is 5.75 Å². The van der Waals surface area contributed by atoms with Crippen molar-refractivity contribution in [2.45, 2.75) is 13.0 Å². The molecule has 13 heavy (non-hydrogen) atoms. The van der Waals surface area contributed by atoms with Crippen LogP contribution < -0.4 is 10.2 Å². The van der Waals surface area contributed by atoms with Crippen LogP contribution in [0.5, 0.6) is 5.75 Å². The van der Waals surface area contributed by atoms with E-state index >= 15 is 0 Å². The predicted molar refractivity (Wildman–Crippen MR) is 55.0 cm³/mol. The van der Waals surface area contributed by atoms with Gasteiger partial charge in [-0.05, 0) is 19.1 Å². The first-order chi connectivity index (χ1) is 6.15. The van der Waals surface area contributed by atoms with Crippen LogP contribution >= 0.6 is 0 Å². The van der Waals surface area contributed by atoms with Crippen LogP contribution in [0.3, 0.4) is 0 Å². The Hall–Kier alpha value is -1.13. The Morgan fingerprint density at radius 1 is 1.62 bits per heavy atom. The lowest BCUT2D eigenvalue weighted by Gasteiger charge is -2.06. The summed E-state index contributed by atoms with van der Waals surface area (Å²) in [6.45, 7) is 1.68. The van der Waals surface area contributed by atoms with Crippen LogP contribution in [0, 0.1) is 0 Å². The molecular weight excluding hydrogens is 182 g/mol. The highest BCUT2D eigenvalue weighted by Crippen LogP contribution is 2.13. The molecule has 0 spiro atoms. The highest BCUT2D eigenvalue weighted by molar-refractivity contribution is 6.01. The Bertz CT molecular complexity index is 312. The zero-order valence-electron chi connectivity index (χ0n) is 7.78. The molecule has 1 atom stereocenters. The summed E-state index contributed by atoms with van der Waals surface area (Å²) in [5, 5.41) is 0. The van der Waals surface area contributed by atoms with Crippen molar-refractivity contribution in [1.29, 1.82) is 0 Å². The number of carbonyl (C=O) groups excluding carboxylic acids is 1. The van der Waals surface area contributed by atoms with Crippen molar-refractivity contribution in [2.75, 3.05) is 0 Å². The van der Waals surface area contributed by atoms with E-state index < -0.39 is 6.04 Å². The Balaban J connectivity index is 2.95. The molecule has 2 N–H and O–H groups in total. The normalized spacial score (nSPS) is 12.5. The lowest BCUT2D eigenvalue weighted by molar-refractivity contribution is 0.0968. The molecule has 1 unspecified atom stereocenters. The number of carbonyl (C=O) groups is 1. The van der Waals surface area contributed by atoms with Crippen LogP contribution in [0.1, 0.15) is 17.3 Å². The van der Waals surface area contributed by atoms with Crippen LogP contribution in [-0.4, -0.2) is 22.3 Å². The van der Waals surface area contributed by atoms with E-state index in [1.54, 1.807) is 25.1 Å². The van der Waals surface area contributed by atoms with Gasteiger partial charge in [0.1, 0.15) is 5.75 Å². The molecule has 0 heterocycles. The average Bonchev–Trinajstić information content (AvgIpc) is 2.16. The number of ketones is 1. The van der Waals surface area contributed by atoms with E-state index in [9.17, 15) is 4.79 Å². The zero-order chi connectivity index (χ0) is 9.84. The molecule has 0 fully saturated rings. The highest BCUT2D eigenvalue weighted by Gasteiger charge is 2.10. The molecule has 0 saturated heterocycles. The Labute approximate surface area is 80.4 Å². The van der Waals surface area contributed by atoms with Crippen molar-refractivity contribution >= 4 is 16.3 Å². The molecule has 1 aromatic carbocycles. The standard InChI is InChI=1S/C9H13NO2Si/c1-6(10)9(11)7-3-2-4-8(5-7)12-13/h2-6H,10H2,1,13H3. The first kappa shape index (κ1) is 9.95. The fraction of sp³-hybridized carbons (Fsp3) is 0.222. The number of rotatable bonds is 3. The summed E-state index contributed by atoms with van der Waals surface area (Å²) < 4.78 is 5.13. The van der Waals surface area contributed by atoms with Crippen LogP contribution in [0.4, 0.5) is 0 Å². The van der Waals surface area contributed by atoms with E-state index in [4.69, 9.17) is 10.2 Å². The van der Waals surface area contributed by atoms with Gasteiger partial charge in [0.05, 0.1) is 6.04 Å². The van der Waals surface area contributed by atoms with Gasteiger partial charge >= 0.3 is 0 Å². The minimum Gasteiger partial charge on any atom is -0.553 e. The molecule has 1 aromatic rings. The van der Waals surface area contributed by atoms with E-state index in [1.165, 1.54) is 0 Å². The van der Waals surface area contributed by atoms with Gasteiger partial charge < -0.3 is 10.2 Å². The average molecular weight is 195 g/mol.